The second kappa shape index (κ2) is 22.7. The number of aliphatic carboxylic acids is 2. The van der Waals surface area contributed by atoms with E-state index in [1.165, 1.54) is 0 Å². The third-order valence-corrected chi connectivity index (χ3v) is 5.22. The van der Waals surface area contributed by atoms with Gasteiger partial charge in [0.25, 0.3) is 0 Å². The second-order valence-corrected chi connectivity index (χ2v) is 8.78. The number of rotatable bonds is 23. The van der Waals surface area contributed by atoms with Crippen LogP contribution in [0.3, 0.4) is 0 Å². The molecule has 0 atom stereocenters. The molecule has 0 spiro atoms. The summed E-state index contributed by atoms with van der Waals surface area (Å²) in [6, 6.07) is 0. The van der Waals surface area contributed by atoms with Crippen molar-refractivity contribution in [2.45, 2.75) is 64.2 Å². The quantitative estimate of drug-likeness (QED) is 0.0611. The average Bonchev–Trinajstić information content (AvgIpc) is 2.91. The van der Waals surface area contributed by atoms with Gasteiger partial charge in [-0.1, -0.05) is 38.5 Å². The van der Waals surface area contributed by atoms with E-state index < -0.39 is 48.7 Å². The molecule has 0 aliphatic carbocycles. The van der Waals surface area contributed by atoms with Crippen molar-refractivity contribution < 1.29 is 48.6 Å². The first-order valence-corrected chi connectivity index (χ1v) is 13.0. The van der Waals surface area contributed by atoms with Gasteiger partial charge >= 0.3 is 11.9 Å². The summed E-state index contributed by atoms with van der Waals surface area (Å²) < 4.78 is 0. The van der Waals surface area contributed by atoms with Crippen molar-refractivity contribution in [3.63, 3.8) is 0 Å². The number of unbranched alkanes of at least 4 members (excludes halogenated alkanes) is 7. The summed E-state index contributed by atoms with van der Waals surface area (Å²) in [4.78, 5) is 90.0. The Morgan fingerprint density at radius 2 is 0.550 bits per heavy atom. The maximum atomic E-state index is 11.8. The van der Waals surface area contributed by atoms with E-state index >= 15 is 0 Å². The maximum absolute atomic E-state index is 11.8. The smallest absolute Gasteiger partial charge is 0.322 e. The molecule has 8 N–H and O–H groups in total. The minimum atomic E-state index is -1.20. The van der Waals surface area contributed by atoms with Gasteiger partial charge in [0.15, 0.2) is 0 Å². The lowest BCUT2D eigenvalue weighted by molar-refractivity contribution is -0.138. The lowest BCUT2D eigenvalue weighted by atomic mass is 10.1. The molecule has 0 unspecified atom stereocenters. The van der Waals surface area contributed by atoms with Gasteiger partial charge in [-0.2, -0.15) is 0 Å². The van der Waals surface area contributed by atoms with Crippen LogP contribution in [0.15, 0.2) is 0 Å². The van der Waals surface area contributed by atoms with Gasteiger partial charge in [-0.05, 0) is 12.8 Å². The van der Waals surface area contributed by atoms with E-state index in [0.29, 0.717) is 12.8 Å². The first kappa shape index (κ1) is 35.8. The summed E-state index contributed by atoms with van der Waals surface area (Å²) in [6.07, 6.45) is 7.48. The highest BCUT2D eigenvalue weighted by Crippen LogP contribution is 2.10. The van der Waals surface area contributed by atoms with Gasteiger partial charge in [-0.25, -0.2) is 0 Å². The van der Waals surface area contributed by atoms with Crippen LogP contribution in [-0.4, -0.2) is 96.9 Å². The van der Waals surface area contributed by atoms with E-state index in [0.717, 1.165) is 38.5 Å². The Labute approximate surface area is 231 Å². The fraction of sp³-hybridized carbons (Fsp3) is 0.667. The Kier molecular flexibility index (Phi) is 20.3. The van der Waals surface area contributed by atoms with E-state index in [4.69, 9.17) is 10.2 Å². The highest BCUT2D eigenvalue weighted by atomic mass is 16.4. The first-order chi connectivity index (χ1) is 19.0. The van der Waals surface area contributed by atoms with Gasteiger partial charge in [0, 0.05) is 12.8 Å². The van der Waals surface area contributed by atoms with Gasteiger partial charge in [0.1, 0.15) is 13.1 Å². The molecule has 0 bridgehead atoms. The Bertz CT molecular complexity index is 810. The molecule has 6 amide bonds. The Hall–Kier alpha value is -4.24. The minimum absolute atomic E-state index is 0.273. The zero-order chi connectivity index (χ0) is 30.2. The van der Waals surface area contributed by atoms with Crippen LogP contribution < -0.4 is 31.9 Å². The van der Waals surface area contributed by atoms with Crippen LogP contribution in [0.1, 0.15) is 64.2 Å². The molecule has 0 heterocycles. The van der Waals surface area contributed by atoms with Crippen molar-refractivity contribution in [2.24, 2.45) is 0 Å². The molecule has 40 heavy (non-hydrogen) atoms. The Morgan fingerprint density at radius 3 is 0.825 bits per heavy atom. The fourth-order valence-electron chi connectivity index (χ4n) is 3.12. The summed E-state index contributed by atoms with van der Waals surface area (Å²) in [5.41, 5.74) is 0. The van der Waals surface area contributed by atoms with Crippen molar-refractivity contribution in [2.75, 3.05) is 39.3 Å². The van der Waals surface area contributed by atoms with Gasteiger partial charge in [0.2, 0.25) is 35.4 Å². The van der Waals surface area contributed by atoms with Gasteiger partial charge in [-0.3, -0.25) is 38.4 Å². The number of carbonyl (C=O) groups is 8. The number of hydrogen-bond acceptors (Lipinski definition) is 8. The zero-order valence-electron chi connectivity index (χ0n) is 22.5. The molecule has 0 aromatic heterocycles. The van der Waals surface area contributed by atoms with Crippen LogP contribution in [0.25, 0.3) is 0 Å². The van der Waals surface area contributed by atoms with Crippen molar-refractivity contribution >= 4 is 47.4 Å². The van der Waals surface area contributed by atoms with E-state index in [1.54, 1.807) is 0 Å². The van der Waals surface area contributed by atoms with E-state index in [1.807, 2.05) is 0 Å². The third-order valence-electron chi connectivity index (χ3n) is 5.22. The molecule has 0 aliphatic heterocycles. The number of carboxylic acid groups (broad SMARTS) is 2. The highest BCUT2D eigenvalue weighted by Gasteiger charge is 2.10. The van der Waals surface area contributed by atoms with Crippen molar-refractivity contribution in [1.29, 1.82) is 0 Å². The zero-order valence-corrected chi connectivity index (χ0v) is 22.5. The van der Waals surface area contributed by atoms with E-state index in [9.17, 15) is 38.4 Å². The van der Waals surface area contributed by atoms with Crippen LogP contribution in [0.4, 0.5) is 0 Å². The van der Waals surface area contributed by atoms with Crippen LogP contribution in [0.5, 0.6) is 0 Å². The van der Waals surface area contributed by atoms with Crippen LogP contribution in [-0.2, 0) is 38.4 Å². The summed E-state index contributed by atoms with van der Waals surface area (Å²) >= 11 is 0. The van der Waals surface area contributed by atoms with Crippen molar-refractivity contribution in [3.8, 4) is 0 Å². The SMILES string of the molecule is O=C(O)CNC(=O)CNC(=O)CNC(=O)CCCCCCCCCCC(=O)NCC(=O)NCC(=O)NCC(=O)O. The number of carbonyl (C=O) groups excluding carboxylic acids is 6. The molecule has 0 aliphatic rings. The van der Waals surface area contributed by atoms with E-state index in [2.05, 4.69) is 31.9 Å². The van der Waals surface area contributed by atoms with E-state index in [-0.39, 0.29) is 50.8 Å². The predicted molar refractivity (Wildman–Crippen MR) is 139 cm³/mol. The Morgan fingerprint density at radius 1 is 0.325 bits per heavy atom. The fourth-order valence-corrected chi connectivity index (χ4v) is 3.12. The summed E-state index contributed by atoms with van der Waals surface area (Å²) in [5, 5.41) is 30.5. The number of amides is 6. The molecule has 0 aromatic carbocycles. The molecule has 0 saturated heterocycles. The first-order valence-electron chi connectivity index (χ1n) is 13.0. The number of nitrogens with one attached hydrogen (secondary N) is 6. The van der Waals surface area contributed by atoms with Crippen molar-refractivity contribution in [1.82, 2.24) is 31.9 Å². The van der Waals surface area contributed by atoms with Crippen LogP contribution in [0.2, 0.25) is 0 Å². The lowest BCUT2D eigenvalue weighted by Crippen LogP contribution is -2.42. The largest absolute Gasteiger partial charge is 0.480 e. The molecule has 226 valence electrons. The molecule has 0 fully saturated rings. The molecule has 0 saturated carbocycles. The number of hydrogen-bond donors (Lipinski definition) is 8. The van der Waals surface area contributed by atoms with Crippen LogP contribution in [0, 0.1) is 0 Å². The monoisotopic (exact) mass is 572 g/mol. The maximum Gasteiger partial charge on any atom is 0.322 e. The molecule has 16 nitrogen and oxygen atoms in total. The minimum Gasteiger partial charge on any atom is -0.480 e. The highest BCUT2D eigenvalue weighted by molar-refractivity contribution is 5.90. The summed E-state index contributed by atoms with van der Waals surface area (Å²) in [7, 11) is 0. The molecule has 0 radical (unpaired) electrons. The lowest BCUT2D eigenvalue weighted by Gasteiger charge is -2.07. The normalized spacial score (nSPS) is 10.1. The second-order valence-electron chi connectivity index (χ2n) is 8.78. The van der Waals surface area contributed by atoms with Gasteiger partial charge in [0.05, 0.1) is 26.2 Å². The van der Waals surface area contributed by atoms with Gasteiger partial charge in [-0.15, -0.1) is 0 Å². The summed E-state index contributed by atoms with van der Waals surface area (Å²) in [6.45, 7) is -2.39. The predicted octanol–water partition coefficient (Wildman–Crippen LogP) is -2.25. The Balaban J connectivity index is 3.58. The molecule has 0 rings (SSSR count). The standard InChI is InChI=1S/C24H40N6O10/c31-17(25-11-19(33)27-13-21(35)29-15-23(37)38)9-7-5-3-1-2-4-6-8-10-18(32)26-12-20(34)28-14-22(36)30-16-24(39)40/h1-16H2,(H,25,31)(H,26,32)(H,27,33)(H,28,34)(H,29,35)(H,30,36)(H,37,38)(H,39,40). The van der Waals surface area contributed by atoms with Crippen molar-refractivity contribution in [3.05, 3.63) is 0 Å². The summed E-state index contributed by atoms with van der Waals surface area (Å²) in [5.74, 6) is -5.35. The number of carboxylic acids is 2. The van der Waals surface area contributed by atoms with Crippen LogP contribution >= 0.6 is 0 Å². The topological polar surface area (TPSA) is 249 Å². The molecular formula is C24H40N6O10. The molecule has 0 aromatic rings. The molecule has 16 heteroatoms. The third kappa shape index (κ3) is 24.1. The average molecular weight is 573 g/mol. The van der Waals surface area contributed by atoms with Gasteiger partial charge < -0.3 is 42.1 Å². The molecular weight excluding hydrogens is 532 g/mol.